The van der Waals surface area contributed by atoms with Gasteiger partial charge >= 0.3 is 5.97 Å². The summed E-state index contributed by atoms with van der Waals surface area (Å²) >= 11 is 0. The number of carbonyl (C=O) groups excluding carboxylic acids is 1. The van der Waals surface area contributed by atoms with Crippen LogP contribution in [0.1, 0.15) is 20.3 Å². The number of anilines is 2. The summed E-state index contributed by atoms with van der Waals surface area (Å²) in [4.78, 5) is 26.6. The van der Waals surface area contributed by atoms with Crippen LogP contribution in [-0.2, 0) is 9.59 Å². The SMILES string of the molecule is C=CCN(CCC(=O)O)c1ccc2c(c1)OC(C)C(=O)N2CC. The number of hydrogen-bond acceptors (Lipinski definition) is 4. The van der Waals surface area contributed by atoms with Crippen LogP contribution in [-0.4, -0.2) is 42.7 Å². The Labute approximate surface area is 136 Å². The minimum atomic E-state index is -0.843. The first-order chi connectivity index (χ1) is 11.0. The molecule has 1 amide bonds. The number of nitrogens with zero attached hydrogens (tertiary/aromatic N) is 2. The number of carbonyl (C=O) groups is 2. The summed E-state index contributed by atoms with van der Waals surface area (Å²) in [5, 5.41) is 8.88. The number of rotatable bonds is 7. The summed E-state index contributed by atoms with van der Waals surface area (Å²) in [6, 6.07) is 5.57. The molecule has 1 aliphatic rings. The standard InChI is InChI=1S/C17H22N2O4/c1-4-9-18(10-8-16(20)21)13-6-7-14-15(11-13)23-12(3)17(22)19(14)5-2/h4,6-7,11-12H,1,5,8-10H2,2-3H3,(H,20,21). The number of fused-ring (bicyclic) bond motifs is 1. The van der Waals surface area contributed by atoms with Gasteiger partial charge in [-0.15, -0.1) is 6.58 Å². The molecule has 1 aliphatic heterocycles. The number of likely N-dealkylation sites (N-methyl/N-ethyl adjacent to an activating group) is 1. The number of benzene rings is 1. The van der Waals surface area contributed by atoms with E-state index in [4.69, 9.17) is 9.84 Å². The summed E-state index contributed by atoms with van der Waals surface area (Å²) in [6.07, 6.45) is 1.25. The number of carboxylic acid groups (broad SMARTS) is 1. The number of aliphatic carboxylic acids is 1. The monoisotopic (exact) mass is 318 g/mol. The van der Waals surface area contributed by atoms with Crippen molar-refractivity contribution in [3.63, 3.8) is 0 Å². The first-order valence-corrected chi connectivity index (χ1v) is 7.67. The Hall–Kier alpha value is -2.50. The highest BCUT2D eigenvalue weighted by atomic mass is 16.5. The fraction of sp³-hybridized carbons (Fsp3) is 0.412. The zero-order valence-electron chi connectivity index (χ0n) is 13.5. The maximum atomic E-state index is 12.1. The van der Waals surface area contributed by atoms with E-state index in [-0.39, 0.29) is 12.3 Å². The third kappa shape index (κ3) is 3.64. The van der Waals surface area contributed by atoms with E-state index in [1.54, 1.807) is 17.9 Å². The van der Waals surface area contributed by atoms with Crippen molar-refractivity contribution in [2.24, 2.45) is 0 Å². The Balaban J connectivity index is 2.31. The molecule has 0 bridgehead atoms. The van der Waals surface area contributed by atoms with Gasteiger partial charge in [0.15, 0.2) is 6.10 Å². The lowest BCUT2D eigenvalue weighted by Crippen LogP contribution is -2.44. The average Bonchev–Trinajstić information content (AvgIpc) is 2.52. The van der Waals surface area contributed by atoms with Crippen LogP contribution in [0, 0.1) is 0 Å². The van der Waals surface area contributed by atoms with Crippen molar-refractivity contribution in [3.8, 4) is 5.75 Å². The van der Waals surface area contributed by atoms with Gasteiger partial charge < -0.3 is 19.6 Å². The minimum absolute atomic E-state index is 0.0434. The van der Waals surface area contributed by atoms with E-state index >= 15 is 0 Å². The molecule has 0 fully saturated rings. The second-order valence-electron chi connectivity index (χ2n) is 5.37. The van der Waals surface area contributed by atoms with Gasteiger partial charge in [-0.3, -0.25) is 9.59 Å². The van der Waals surface area contributed by atoms with Crippen LogP contribution in [0.15, 0.2) is 30.9 Å². The van der Waals surface area contributed by atoms with Crippen LogP contribution in [0.3, 0.4) is 0 Å². The molecule has 2 rings (SSSR count). The molecular weight excluding hydrogens is 296 g/mol. The normalized spacial score (nSPS) is 16.5. The molecule has 23 heavy (non-hydrogen) atoms. The lowest BCUT2D eigenvalue weighted by atomic mass is 10.1. The van der Waals surface area contributed by atoms with Gasteiger partial charge in [-0.2, -0.15) is 0 Å². The second-order valence-corrected chi connectivity index (χ2v) is 5.37. The van der Waals surface area contributed by atoms with Crippen LogP contribution < -0.4 is 14.5 Å². The molecule has 6 nitrogen and oxygen atoms in total. The number of amides is 1. The summed E-state index contributed by atoms with van der Waals surface area (Å²) in [7, 11) is 0. The topological polar surface area (TPSA) is 70.1 Å². The first kappa shape index (κ1) is 16.9. The second kappa shape index (κ2) is 7.17. The largest absolute Gasteiger partial charge is 0.481 e. The van der Waals surface area contributed by atoms with Crippen LogP contribution in [0.5, 0.6) is 5.75 Å². The molecule has 0 spiro atoms. The molecule has 0 aliphatic carbocycles. The van der Waals surface area contributed by atoms with Gasteiger partial charge in [0.25, 0.3) is 5.91 Å². The summed E-state index contributed by atoms with van der Waals surface area (Å²) < 4.78 is 5.71. The van der Waals surface area contributed by atoms with E-state index < -0.39 is 12.1 Å². The number of hydrogen-bond donors (Lipinski definition) is 1. The van der Waals surface area contributed by atoms with Gasteiger partial charge in [0.1, 0.15) is 5.75 Å². The van der Waals surface area contributed by atoms with E-state index in [1.807, 2.05) is 30.0 Å². The quantitative estimate of drug-likeness (QED) is 0.781. The van der Waals surface area contributed by atoms with Crippen LogP contribution in [0.4, 0.5) is 11.4 Å². The first-order valence-electron chi connectivity index (χ1n) is 7.67. The van der Waals surface area contributed by atoms with Crippen LogP contribution >= 0.6 is 0 Å². The molecule has 1 atom stereocenters. The maximum absolute atomic E-state index is 12.1. The van der Waals surface area contributed by atoms with Gasteiger partial charge in [-0.25, -0.2) is 0 Å². The molecule has 1 aromatic rings. The van der Waals surface area contributed by atoms with E-state index in [0.717, 1.165) is 11.4 Å². The number of carboxylic acids is 1. The number of ether oxygens (including phenoxy) is 1. The predicted molar refractivity (Wildman–Crippen MR) is 89.2 cm³/mol. The molecule has 1 heterocycles. The van der Waals surface area contributed by atoms with E-state index in [0.29, 0.717) is 25.4 Å². The van der Waals surface area contributed by atoms with Crippen molar-refractivity contribution < 1.29 is 19.4 Å². The lowest BCUT2D eigenvalue weighted by Gasteiger charge is -2.33. The van der Waals surface area contributed by atoms with Crippen molar-refractivity contribution in [1.29, 1.82) is 0 Å². The fourth-order valence-corrected chi connectivity index (χ4v) is 2.63. The van der Waals surface area contributed by atoms with Gasteiger partial charge in [0.2, 0.25) is 0 Å². The zero-order valence-corrected chi connectivity index (χ0v) is 13.5. The van der Waals surface area contributed by atoms with Crippen molar-refractivity contribution in [2.75, 3.05) is 29.4 Å². The third-order valence-corrected chi connectivity index (χ3v) is 3.78. The fourth-order valence-electron chi connectivity index (χ4n) is 2.63. The van der Waals surface area contributed by atoms with E-state index in [2.05, 4.69) is 6.58 Å². The Bertz CT molecular complexity index is 615. The molecule has 0 aromatic heterocycles. The Morgan fingerprint density at radius 3 is 2.87 bits per heavy atom. The molecule has 1 unspecified atom stereocenters. The summed E-state index contributed by atoms with van der Waals surface area (Å²) in [5.74, 6) is -0.257. The highest BCUT2D eigenvalue weighted by Gasteiger charge is 2.30. The van der Waals surface area contributed by atoms with Crippen molar-refractivity contribution >= 4 is 23.3 Å². The Morgan fingerprint density at radius 2 is 2.26 bits per heavy atom. The minimum Gasteiger partial charge on any atom is -0.481 e. The van der Waals surface area contributed by atoms with Crippen molar-refractivity contribution in [2.45, 2.75) is 26.4 Å². The molecule has 1 aromatic carbocycles. The van der Waals surface area contributed by atoms with Gasteiger partial charge in [-0.05, 0) is 26.0 Å². The van der Waals surface area contributed by atoms with Gasteiger partial charge in [0, 0.05) is 31.4 Å². The van der Waals surface area contributed by atoms with Crippen LogP contribution in [0.2, 0.25) is 0 Å². The Morgan fingerprint density at radius 1 is 1.52 bits per heavy atom. The zero-order chi connectivity index (χ0) is 17.0. The smallest absolute Gasteiger partial charge is 0.305 e. The van der Waals surface area contributed by atoms with Crippen molar-refractivity contribution in [1.82, 2.24) is 0 Å². The van der Waals surface area contributed by atoms with E-state index in [9.17, 15) is 9.59 Å². The average molecular weight is 318 g/mol. The highest BCUT2D eigenvalue weighted by molar-refractivity contribution is 6.00. The molecular formula is C17H22N2O4. The van der Waals surface area contributed by atoms with Gasteiger partial charge in [0.05, 0.1) is 12.1 Å². The third-order valence-electron chi connectivity index (χ3n) is 3.78. The summed E-state index contributed by atoms with van der Waals surface area (Å²) in [6.45, 7) is 8.86. The predicted octanol–water partition coefficient (Wildman–Crippen LogP) is 2.29. The van der Waals surface area contributed by atoms with Gasteiger partial charge in [-0.1, -0.05) is 6.08 Å². The highest BCUT2D eigenvalue weighted by Crippen LogP contribution is 2.37. The summed E-state index contributed by atoms with van der Waals surface area (Å²) in [5.41, 5.74) is 1.60. The van der Waals surface area contributed by atoms with Crippen molar-refractivity contribution in [3.05, 3.63) is 30.9 Å². The molecule has 124 valence electrons. The molecule has 0 radical (unpaired) electrons. The molecule has 6 heteroatoms. The molecule has 1 N–H and O–H groups in total. The van der Waals surface area contributed by atoms with Crippen LogP contribution in [0.25, 0.3) is 0 Å². The maximum Gasteiger partial charge on any atom is 0.305 e. The molecule has 0 saturated heterocycles. The molecule has 0 saturated carbocycles. The van der Waals surface area contributed by atoms with E-state index in [1.165, 1.54) is 0 Å². The lowest BCUT2D eigenvalue weighted by molar-refractivity contribution is -0.136. The Kier molecular flexibility index (Phi) is 5.26.